The predicted molar refractivity (Wildman–Crippen MR) is 86.4 cm³/mol. The Hall–Kier alpha value is -1.61. The average molecular weight is 264 g/mol. The Morgan fingerprint density at radius 2 is 1.95 bits per heavy atom. The minimum atomic E-state index is -0.391. The van der Waals surface area contributed by atoms with Gasteiger partial charge in [-0.25, -0.2) is 0 Å². The van der Waals surface area contributed by atoms with E-state index in [2.05, 4.69) is 17.5 Å². The topological polar surface area (TPSA) is 55.1 Å². The van der Waals surface area contributed by atoms with Crippen LogP contribution in [0.1, 0.15) is 41.1 Å². The molecule has 0 radical (unpaired) electrons. The van der Waals surface area contributed by atoms with Gasteiger partial charge in [-0.1, -0.05) is 58.0 Å². The van der Waals surface area contributed by atoms with E-state index in [9.17, 15) is 4.79 Å². The van der Waals surface area contributed by atoms with Crippen LogP contribution in [0.4, 0.5) is 5.69 Å². The molecule has 2 rings (SSSR count). The highest BCUT2D eigenvalue weighted by Crippen LogP contribution is 2.23. The summed E-state index contributed by atoms with van der Waals surface area (Å²) >= 11 is 0. The molecular formula is C16H28N2O. The van der Waals surface area contributed by atoms with Crippen LogP contribution >= 0.6 is 0 Å². The second-order valence-corrected chi connectivity index (χ2v) is 3.73. The largest absolute Gasteiger partial charge is 0.378 e. The Labute approximate surface area is 118 Å². The molecular weight excluding hydrogens is 236 g/mol. The minimum absolute atomic E-state index is 0. The molecule has 0 bridgehead atoms. The van der Waals surface area contributed by atoms with Crippen molar-refractivity contribution in [3.63, 3.8) is 0 Å². The molecule has 3 heteroatoms. The fourth-order valence-corrected chi connectivity index (χ4v) is 1.73. The molecule has 1 unspecified atom stereocenters. The van der Waals surface area contributed by atoms with E-state index in [4.69, 9.17) is 5.73 Å². The number of para-hydroxylation sites is 1. The first-order valence-electron chi connectivity index (χ1n) is 7.04. The Morgan fingerprint density at radius 3 is 2.58 bits per heavy atom. The summed E-state index contributed by atoms with van der Waals surface area (Å²) in [5, 5.41) is 3.34. The summed E-state index contributed by atoms with van der Waals surface area (Å²) in [6.07, 6.45) is 5.53. The molecule has 0 saturated carbocycles. The van der Waals surface area contributed by atoms with Gasteiger partial charge in [0.1, 0.15) is 6.29 Å². The van der Waals surface area contributed by atoms with Gasteiger partial charge in [0.25, 0.3) is 0 Å². The smallest absolute Gasteiger partial charge is 0.136 e. The van der Waals surface area contributed by atoms with Gasteiger partial charge < -0.3 is 15.8 Å². The fourth-order valence-electron chi connectivity index (χ4n) is 1.73. The Balaban J connectivity index is 0. The first kappa shape index (κ1) is 17.4. The summed E-state index contributed by atoms with van der Waals surface area (Å²) in [5.41, 5.74) is 7.86. The number of aldehydes is 1. The van der Waals surface area contributed by atoms with Crippen molar-refractivity contribution in [2.45, 2.75) is 46.2 Å². The maximum atomic E-state index is 10.4. The number of benzene rings is 1. The van der Waals surface area contributed by atoms with Crippen molar-refractivity contribution in [3.05, 3.63) is 35.9 Å². The first-order valence-corrected chi connectivity index (χ1v) is 7.04. The molecule has 0 fully saturated rings. The van der Waals surface area contributed by atoms with Crippen LogP contribution in [0.2, 0.25) is 0 Å². The molecule has 0 spiro atoms. The standard InChI is InChI=1S/C12H14N2O.2C2H6.H2/c13-10(8-15)7-11-6-5-9-3-1-2-4-12(9)14-11;2*1-2;/h1-6,8,10-11,14H,7,13H2;2*1-2H3;1H/t10-,11?;;;/m0.../s1. The molecule has 3 nitrogen and oxygen atoms in total. The lowest BCUT2D eigenvalue weighted by atomic mass is 10.0. The van der Waals surface area contributed by atoms with Gasteiger partial charge in [-0.2, -0.15) is 0 Å². The van der Waals surface area contributed by atoms with Gasteiger partial charge in [0.2, 0.25) is 0 Å². The van der Waals surface area contributed by atoms with Gasteiger partial charge in [-0.3, -0.25) is 0 Å². The summed E-state index contributed by atoms with van der Waals surface area (Å²) in [6.45, 7) is 8.00. The monoisotopic (exact) mass is 264 g/mol. The number of nitrogens with one attached hydrogen (secondary N) is 1. The van der Waals surface area contributed by atoms with Gasteiger partial charge in [-0.05, 0) is 18.1 Å². The van der Waals surface area contributed by atoms with Crippen LogP contribution in [-0.2, 0) is 4.79 Å². The summed E-state index contributed by atoms with van der Waals surface area (Å²) in [5.74, 6) is 0. The highest BCUT2D eigenvalue weighted by molar-refractivity contribution is 5.71. The van der Waals surface area contributed by atoms with E-state index in [0.717, 1.165) is 12.0 Å². The average Bonchev–Trinajstić information content (AvgIpc) is 2.51. The van der Waals surface area contributed by atoms with Gasteiger partial charge in [0.15, 0.2) is 0 Å². The molecule has 108 valence electrons. The van der Waals surface area contributed by atoms with Crippen LogP contribution in [-0.4, -0.2) is 18.4 Å². The quantitative estimate of drug-likeness (QED) is 0.818. The van der Waals surface area contributed by atoms with Crippen LogP contribution in [0, 0.1) is 0 Å². The third kappa shape index (κ3) is 5.71. The summed E-state index contributed by atoms with van der Waals surface area (Å²) < 4.78 is 0. The molecule has 1 aliphatic rings. The van der Waals surface area contributed by atoms with Gasteiger partial charge in [-0.15, -0.1) is 0 Å². The molecule has 2 atom stereocenters. The van der Waals surface area contributed by atoms with Gasteiger partial charge >= 0.3 is 0 Å². The normalized spacial score (nSPS) is 16.6. The van der Waals surface area contributed by atoms with Crippen LogP contribution < -0.4 is 11.1 Å². The number of nitrogens with two attached hydrogens (primary N) is 1. The van der Waals surface area contributed by atoms with Crippen molar-refractivity contribution in [1.29, 1.82) is 0 Å². The van der Waals surface area contributed by atoms with Crippen molar-refractivity contribution in [2.75, 3.05) is 5.32 Å². The van der Waals surface area contributed by atoms with Crippen LogP contribution in [0.5, 0.6) is 0 Å². The Morgan fingerprint density at radius 1 is 1.32 bits per heavy atom. The van der Waals surface area contributed by atoms with E-state index >= 15 is 0 Å². The molecule has 19 heavy (non-hydrogen) atoms. The van der Waals surface area contributed by atoms with E-state index in [1.807, 2.05) is 52.0 Å². The molecule has 1 heterocycles. The molecule has 0 amide bonds. The number of carbonyl (C=O) groups excluding carboxylic acids is 1. The SMILES string of the molecule is CC.CC.N[C@H](C=O)CC1C=Cc2ccccc2N1.[HH]. The molecule has 1 aromatic carbocycles. The lowest BCUT2D eigenvalue weighted by Crippen LogP contribution is -2.31. The number of rotatable bonds is 3. The number of hydrogen-bond acceptors (Lipinski definition) is 3. The Bertz CT molecular complexity index is 394. The second kappa shape index (κ2) is 10.3. The number of carbonyl (C=O) groups is 1. The predicted octanol–water partition coefficient (Wildman–Crippen LogP) is 3.71. The van der Waals surface area contributed by atoms with Crippen LogP contribution in [0.25, 0.3) is 6.08 Å². The van der Waals surface area contributed by atoms with Gasteiger partial charge in [0.05, 0.1) is 6.04 Å². The second-order valence-electron chi connectivity index (χ2n) is 3.73. The molecule has 1 aliphatic heterocycles. The Kier molecular flexibility index (Phi) is 9.45. The minimum Gasteiger partial charge on any atom is -0.378 e. The van der Waals surface area contributed by atoms with E-state index < -0.39 is 6.04 Å². The molecule has 0 aliphatic carbocycles. The summed E-state index contributed by atoms with van der Waals surface area (Å²) in [4.78, 5) is 10.4. The highest BCUT2D eigenvalue weighted by Gasteiger charge is 2.14. The highest BCUT2D eigenvalue weighted by atomic mass is 16.1. The van der Waals surface area contributed by atoms with Gasteiger partial charge in [0, 0.05) is 13.2 Å². The first-order chi connectivity index (χ1) is 9.29. The van der Waals surface area contributed by atoms with Crippen molar-refractivity contribution < 1.29 is 6.22 Å². The molecule has 0 aromatic heterocycles. The molecule has 3 N–H and O–H groups in total. The van der Waals surface area contributed by atoms with Crippen molar-refractivity contribution >= 4 is 18.0 Å². The van der Waals surface area contributed by atoms with E-state index in [1.165, 1.54) is 5.56 Å². The van der Waals surface area contributed by atoms with Crippen molar-refractivity contribution in [2.24, 2.45) is 5.73 Å². The summed E-state index contributed by atoms with van der Waals surface area (Å²) in [6, 6.07) is 7.83. The maximum Gasteiger partial charge on any atom is 0.136 e. The zero-order valence-corrected chi connectivity index (χ0v) is 12.4. The summed E-state index contributed by atoms with van der Waals surface area (Å²) in [7, 11) is 0. The fraction of sp³-hybridized carbons (Fsp3) is 0.438. The zero-order valence-electron chi connectivity index (χ0n) is 12.4. The maximum absolute atomic E-state index is 10.4. The van der Waals surface area contributed by atoms with Crippen LogP contribution in [0.15, 0.2) is 30.3 Å². The number of hydrogen-bond donors (Lipinski definition) is 2. The van der Waals surface area contributed by atoms with Crippen LogP contribution in [0.3, 0.4) is 0 Å². The lowest BCUT2D eigenvalue weighted by Gasteiger charge is -2.23. The number of fused-ring (bicyclic) bond motifs is 1. The third-order valence-electron chi connectivity index (χ3n) is 2.51. The van der Waals surface area contributed by atoms with Crippen molar-refractivity contribution in [3.8, 4) is 0 Å². The van der Waals surface area contributed by atoms with Crippen molar-refractivity contribution in [1.82, 2.24) is 0 Å². The zero-order chi connectivity index (χ0) is 14.7. The molecule has 1 aromatic rings. The van der Waals surface area contributed by atoms with E-state index in [0.29, 0.717) is 6.42 Å². The number of anilines is 1. The molecule has 0 saturated heterocycles. The van der Waals surface area contributed by atoms with E-state index in [-0.39, 0.29) is 7.47 Å². The third-order valence-corrected chi connectivity index (χ3v) is 2.51. The van der Waals surface area contributed by atoms with E-state index in [1.54, 1.807) is 0 Å². The lowest BCUT2D eigenvalue weighted by molar-refractivity contribution is -0.109.